The first-order valence-corrected chi connectivity index (χ1v) is 6.38. The molecule has 110 valence electrons. The van der Waals surface area contributed by atoms with Crippen molar-refractivity contribution < 1.29 is 14.7 Å². The zero-order valence-corrected chi connectivity index (χ0v) is 11.9. The lowest BCUT2D eigenvalue weighted by molar-refractivity contribution is 0.0697. The molecule has 0 saturated carbocycles. The molecule has 1 heterocycles. The Kier molecular flexibility index (Phi) is 4.44. The Hall–Kier alpha value is -2.54. The van der Waals surface area contributed by atoms with Crippen LogP contribution in [0.25, 0.3) is 0 Å². The molecule has 2 amide bonds. The van der Waals surface area contributed by atoms with Crippen molar-refractivity contribution in [2.24, 2.45) is 0 Å². The van der Waals surface area contributed by atoms with E-state index in [1.54, 1.807) is 19.4 Å². The maximum atomic E-state index is 12.1. The second kappa shape index (κ2) is 6.27. The summed E-state index contributed by atoms with van der Waals surface area (Å²) in [4.78, 5) is 24.4. The number of nitrogens with zero attached hydrogens (tertiary/aromatic N) is 2. The molecule has 2 rings (SSSR count). The lowest BCUT2D eigenvalue weighted by Gasteiger charge is -2.17. The summed E-state index contributed by atoms with van der Waals surface area (Å²) in [5, 5.41) is 18.2. The van der Waals surface area contributed by atoms with Crippen molar-refractivity contribution in [3.8, 4) is 0 Å². The summed E-state index contributed by atoms with van der Waals surface area (Å²) in [6, 6.07) is 3.71. The van der Waals surface area contributed by atoms with Crippen molar-refractivity contribution in [1.29, 1.82) is 0 Å². The highest BCUT2D eigenvalue weighted by Crippen LogP contribution is 2.23. The topological polar surface area (TPSA) is 98.3 Å². The fourth-order valence-electron chi connectivity index (χ4n) is 1.67. The van der Waals surface area contributed by atoms with Gasteiger partial charge in [-0.05, 0) is 18.2 Å². The Bertz CT molecular complexity index is 657. The van der Waals surface area contributed by atoms with Gasteiger partial charge in [0.25, 0.3) is 0 Å². The van der Waals surface area contributed by atoms with Crippen LogP contribution in [0.5, 0.6) is 0 Å². The molecule has 8 heteroatoms. The average Bonchev–Trinajstić information content (AvgIpc) is 2.93. The number of carbonyl (C=O) groups is 2. The van der Waals surface area contributed by atoms with Crippen molar-refractivity contribution in [1.82, 2.24) is 15.1 Å². The van der Waals surface area contributed by atoms with Crippen LogP contribution in [0.3, 0.4) is 0 Å². The largest absolute Gasteiger partial charge is 0.478 e. The maximum Gasteiger partial charge on any atom is 0.335 e. The standard InChI is InChI=1S/C13H13ClN4O3/c1-18(7-8-5-15-16-6-8)13(21)17-11-4-9(12(19)20)2-3-10(11)14/h2-6H,7H2,1H3,(H,15,16)(H,17,21)(H,19,20). The van der Waals surface area contributed by atoms with Crippen LogP contribution in [0.1, 0.15) is 15.9 Å². The number of H-pyrrole nitrogens is 1. The third-order valence-electron chi connectivity index (χ3n) is 2.78. The smallest absolute Gasteiger partial charge is 0.335 e. The second-order valence-electron chi connectivity index (χ2n) is 4.39. The summed E-state index contributed by atoms with van der Waals surface area (Å²) < 4.78 is 0. The maximum absolute atomic E-state index is 12.1. The minimum Gasteiger partial charge on any atom is -0.478 e. The molecule has 0 aliphatic carbocycles. The first kappa shape index (κ1) is 14.9. The summed E-state index contributed by atoms with van der Waals surface area (Å²) in [6.07, 6.45) is 3.30. The molecule has 0 radical (unpaired) electrons. The van der Waals surface area contributed by atoms with Crippen LogP contribution in [-0.4, -0.2) is 39.3 Å². The molecule has 7 nitrogen and oxygen atoms in total. The molecular formula is C13H13ClN4O3. The number of rotatable bonds is 4. The highest BCUT2D eigenvalue weighted by Gasteiger charge is 2.13. The number of halogens is 1. The molecule has 0 aliphatic rings. The van der Waals surface area contributed by atoms with Crippen LogP contribution in [0.15, 0.2) is 30.6 Å². The highest BCUT2D eigenvalue weighted by molar-refractivity contribution is 6.33. The number of hydrogen-bond acceptors (Lipinski definition) is 3. The van der Waals surface area contributed by atoms with Crippen molar-refractivity contribution >= 4 is 29.3 Å². The minimum atomic E-state index is -1.09. The lowest BCUT2D eigenvalue weighted by Crippen LogP contribution is -2.30. The third kappa shape index (κ3) is 3.73. The van der Waals surface area contributed by atoms with E-state index in [-0.39, 0.29) is 16.3 Å². The molecule has 1 aromatic heterocycles. The Labute approximate surface area is 125 Å². The van der Waals surface area contributed by atoms with E-state index in [1.807, 2.05) is 0 Å². The molecule has 1 aromatic carbocycles. The fraction of sp³-hybridized carbons (Fsp3) is 0.154. The van der Waals surface area contributed by atoms with Crippen molar-refractivity contribution in [3.63, 3.8) is 0 Å². The predicted molar refractivity (Wildman–Crippen MR) is 77.5 cm³/mol. The van der Waals surface area contributed by atoms with E-state index >= 15 is 0 Å². The van der Waals surface area contributed by atoms with Gasteiger partial charge in [0.1, 0.15) is 0 Å². The SMILES string of the molecule is CN(Cc1cn[nH]c1)C(=O)Nc1cc(C(=O)O)ccc1Cl. The van der Waals surface area contributed by atoms with Crippen molar-refractivity contribution in [2.45, 2.75) is 6.54 Å². The van der Waals surface area contributed by atoms with Gasteiger partial charge in [-0.2, -0.15) is 5.10 Å². The molecule has 0 saturated heterocycles. The number of amides is 2. The van der Waals surface area contributed by atoms with Gasteiger partial charge in [0.2, 0.25) is 0 Å². The van der Waals surface area contributed by atoms with Crippen LogP contribution in [0, 0.1) is 0 Å². The molecule has 21 heavy (non-hydrogen) atoms. The Balaban J connectivity index is 2.08. The lowest BCUT2D eigenvalue weighted by atomic mass is 10.2. The van der Waals surface area contributed by atoms with Crippen LogP contribution in [0.4, 0.5) is 10.5 Å². The van der Waals surface area contributed by atoms with E-state index in [1.165, 1.54) is 23.1 Å². The summed E-state index contributed by atoms with van der Waals surface area (Å²) in [6.45, 7) is 0.360. The molecular weight excluding hydrogens is 296 g/mol. The number of aromatic nitrogens is 2. The summed E-state index contributed by atoms with van der Waals surface area (Å²) >= 11 is 5.95. The molecule has 0 unspecified atom stereocenters. The van der Waals surface area contributed by atoms with Crippen LogP contribution >= 0.6 is 11.6 Å². The third-order valence-corrected chi connectivity index (χ3v) is 3.11. The zero-order valence-electron chi connectivity index (χ0n) is 11.1. The summed E-state index contributed by atoms with van der Waals surface area (Å²) in [5.74, 6) is -1.09. The predicted octanol–water partition coefficient (Wildman–Crippen LogP) is 2.43. The van der Waals surface area contributed by atoms with Crippen LogP contribution < -0.4 is 5.32 Å². The summed E-state index contributed by atoms with van der Waals surface area (Å²) in [5.41, 5.74) is 1.14. The highest BCUT2D eigenvalue weighted by atomic mass is 35.5. The first-order chi connectivity index (χ1) is 9.97. The van der Waals surface area contributed by atoms with Crippen LogP contribution in [-0.2, 0) is 6.54 Å². The molecule has 0 fully saturated rings. The van der Waals surface area contributed by atoms with Gasteiger partial charge in [-0.15, -0.1) is 0 Å². The number of aromatic carboxylic acids is 1. The van der Waals surface area contributed by atoms with E-state index in [0.29, 0.717) is 6.54 Å². The number of benzene rings is 1. The molecule has 0 spiro atoms. The number of anilines is 1. The summed E-state index contributed by atoms with van der Waals surface area (Å²) in [7, 11) is 1.61. The Morgan fingerprint density at radius 2 is 2.24 bits per heavy atom. The number of hydrogen-bond donors (Lipinski definition) is 3. The molecule has 2 aromatic rings. The molecule has 0 atom stereocenters. The number of nitrogens with one attached hydrogen (secondary N) is 2. The first-order valence-electron chi connectivity index (χ1n) is 6.00. The fourth-order valence-corrected chi connectivity index (χ4v) is 1.84. The van der Waals surface area contributed by atoms with Gasteiger partial charge in [-0.25, -0.2) is 9.59 Å². The van der Waals surface area contributed by atoms with Gasteiger partial charge in [-0.1, -0.05) is 11.6 Å². The molecule has 3 N–H and O–H groups in total. The van der Waals surface area contributed by atoms with Gasteiger partial charge in [0.05, 0.1) is 29.0 Å². The van der Waals surface area contributed by atoms with Gasteiger partial charge in [0, 0.05) is 18.8 Å². The Morgan fingerprint density at radius 1 is 1.48 bits per heavy atom. The van der Waals surface area contributed by atoms with E-state index in [4.69, 9.17) is 16.7 Å². The van der Waals surface area contributed by atoms with Crippen molar-refractivity contribution in [2.75, 3.05) is 12.4 Å². The number of carboxylic acid groups (broad SMARTS) is 1. The second-order valence-corrected chi connectivity index (χ2v) is 4.80. The number of carboxylic acids is 1. The zero-order chi connectivity index (χ0) is 15.4. The van der Waals surface area contributed by atoms with Gasteiger partial charge < -0.3 is 15.3 Å². The quantitative estimate of drug-likeness (QED) is 0.807. The Morgan fingerprint density at radius 3 is 2.86 bits per heavy atom. The molecule has 0 aliphatic heterocycles. The van der Waals surface area contributed by atoms with E-state index in [9.17, 15) is 9.59 Å². The average molecular weight is 309 g/mol. The van der Waals surface area contributed by atoms with Crippen LogP contribution in [0.2, 0.25) is 5.02 Å². The van der Waals surface area contributed by atoms with Crippen molar-refractivity contribution in [3.05, 3.63) is 46.7 Å². The van der Waals surface area contributed by atoms with Gasteiger partial charge in [0.15, 0.2) is 0 Å². The monoisotopic (exact) mass is 308 g/mol. The van der Waals surface area contributed by atoms with Gasteiger partial charge in [-0.3, -0.25) is 5.10 Å². The van der Waals surface area contributed by atoms with E-state index in [0.717, 1.165) is 5.56 Å². The minimum absolute atomic E-state index is 0.0483. The number of aromatic amines is 1. The van der Waals surface area contributed by atoms with E-state index < -0.39 is 12.0 Å². The molecule has 0 bridgehead atoms. The van der Waals surface area contributed by atoms with E-state index in [2.05, 4.69) is 15.5 Å². The van der Waals surface area contributed by atoms with Gasteiger partial charge >= 0.3 is 12.0 Å². The normalized spacial score (nSPS) is 10.2. The number of carbonyl (C=O) groups excluding carboxylic acids is 1. The number of urea groups is 1.